The minimum absolute atomic E-state index is 0.229. The van der Waals surface area contributed by atoms with Crippen molar-refractivity contribution in [2.24, 2.45) is 0 Å². The number of carbonyl (C=O) groups excluding carboxylic acids is 1. The smallest absolute Gasteiger partial charge is 0.259 e. The molecule has 2 aromatic carbocycles. The Kier molecular flexibility index (Phi) is 5.27. The Labute approximate surface area is 156 Å². The van der Waals surface area contributed by atoms with Crippen LogP contribution in [0.3, 0.4) is 0 Å². The third-order valence-electron chi connectivity index (χ3n) is 3.26. The summed E-state index contributed by atoms with van der Waals surface area (Å²) >= 11 is 6.86. The van der Waals surface area contributed by atoms with Crippen LogP contribution in [0.2, 0.25) is 0 Å². The largest absolute Gasteiger partial charge is 0.340 e. The number of nitrogens with zero attached hydrogens (tertiary/aromatic N) is 1. The number of carbonyl (C=O) groups is 1. The van der Waals surface area contributed by atoms with Crippen LogP contribution >= 0.6 is 31.9 Å². The Morgan fingerprint density at radius 1 is 0.958 bits per heavy atom. The Morgan fingerprint density at radius 3 is 2.58 bits per heavy atom. The molecule has 120 valence electrons. The zero-order valence-electron chi connectivity index (χ0n) is 12.5. The first-order valence-electron chi connectivity index (χ1n) is 7.17. The number of anilines is 3. The second-order valence-electron chi connectivity index (χ2n) is 4.97. The third-order valence-corrected chi connectivity index (χ3v) is 4.45. The monoisotopic (exact) mass is 445 g/mol. The summed E-state index contributed by atoms with van der Waals surface area (Å²) in [4.78, 5) is 16.9. The van der Waals surface area contributed by atoms with Crippen molar-refractivity contribution in [3.63, 3.8) is 0 Å². The van der Waals surface area contributed by atoms with Gasteiger partial charge in [0, 0.05) is 20.8 Å². The molecule has 0 saturated heterocycles. The molecule has 0 fully saturated rings. The highest BCUT2D eigenvalue weighted by atomic mass is 79.9. The molecule has 0 aliphatic heterocycles. The van der Waals surface area contributed by atoms with Gasteiger partial charge in [-0.2, -0.15) is 0 Å². The average molecular weight is 447 g/mol. The standard InChI is InChI=1S/C18H13Br2N3O/c19-12-5-3-6-13(11-12)22-17-14(7-4-10-21-17)18(24)23-16-9-2-1-8-15(16)20/h1-11H,(H,21,22)(H,23,24). The summed E-state index contributed by atoms with van der Waals surface area (Å²) in [7, 11) is 0. The number of para-hydroxylation sites is 1. The second-order valence-corrected chi connectivity index (χ2v) is 6.74. The van der Waals surface area contributed by atoms with Crippen LogP contribution in [0.25, 0.3) is 0 Å². The molecule has 4 nitrogen and oxygen atoms in total. The van der Waals surface area contributed by atoms with Crippen molar-refractivity contribution in [1.29, 1.82) is 0 Å². The number of benzene rings is 2. The van der Waals surface area contributed by atoms with E-state index in [0.717, 1.165) is 14.6 Å². The maximum absolute atomic E-state index is 12.6. The van der Waals surface area contributed by atoms with E-state index < -0.39 is 0 Å². The van der Waals surface area contributed by atoms with E-state index in [9.17, 15) is 4.79 Å². The molecule has 0 radical (unpaired) electrons. The molecule has 0 aliphatic carbocycles. The molecule has 1 aromatic heterocycles. The Balaban J connectivity index is 1.86. The molecule has 0 atom stereocenters. The quantitative estimate of drug-likeness (QED) is 0.548. The van der Waals surface area contributed by atoms with Crippen molar-refractivity contribution >= 4 is 55.0 Å². The Hall–Kier alpha value is -2.18. The molecule has 2 N–H and O–H groups in total. The first-order chi connectivity index (χ1) is 11.6. The van der Waals surface area contributed by atoms with Gasteiger partial charge in [-0.1, -0.05) is 34.1 Å². The number of hydrogen-bond donors (Lipinski definition) is 2. The first-order valence-corrected chi connectivity index (χ1v) is 8.75. The van der Waals surface area contributed by atoms with Gasteiger partial charge in [0.05, 0.1) is 11.3 Å². The molecule has 3 aromatic rings. The molecular weight excluding hydrogens is 434 g/mol. The lowest BCUT2D eigenvalue weighted by Crippen LogP contribution is -2.15. The number of hydrogen-bond acceptors (Lipinski definition) is 3. The summed E-state index contributed by atoms with van der Waals surface area (Å²) in [5.41, 5.74) is 2.02. The van der Waals surface area contributed by atoms with E-state index in [0.29, 0.717) is 17.1 Å². The van der Waals surface area contributed by atoms with Crippen molar-refractivity contribution in [2.45, 2.75) is 0 Å². The van der Waals surface area contributed by atoms with E-state index in [1.165, 1.54) is 0 Å². The van der Waals surface area contributed by atoms with Crippen LogP contribution in [0.5, 0.6) is 0 Å². The molecule has 0 aliphatic rings. The number of halogens is 2. The van der Waals surface area contributed by atoms with Gasteiger partial charge in [0.25, 0.3) is 5.91 Å². The highest BCUT2D eigenvalue weighted by molar-refractivity contribution is 9.10. The molecule has 0 bridgehead atoms. The summed E-state index contributed by atoms with van der Waals surface area (Å²) in [6.45, 7) is 0. The lowest BCUT2D eigenvalue weighted by Gasteiger charge is -2.12. The molecule has 1 amide bonds. The Bertz CT molecular complexity index is 883. The maximum atomic E-state index is 12.6. The summed E-state index contributed by atoms with van der Waals surface area (Å²) in [5.74, 6) is 0.271. The van der Waals surface area contributed by atoms with Gasteiger partial charge < -0.3 is 10.6 Å². The van der Waals surface area contributed by atoms with Gasteiger partial charge in [-0.3, -0.25) is 4.79 Å². The molecular formula is C18H13Br2N3O. The van der Waals surface area contributed by atoms with Crippen LogP contribution in [0, 0.1) is 0 Å². The average Bonchev–Trinajstić information content (AvgIpc) is 2.57. The van der Waals surface area contributed by atoms with Crippen LogP contribution in [-0.2, 0) is 0 Å². The summed E-state index contributed by atoms with van der Waals surface area (Å²) in [6, 6.07) is 18.6. The molecule has 0 saturated carbocycles. The van der Waals surface area contributed by atoms with E-state index in [-0.39, 0.29) is 5.91 Å². The number of pyridine rings is 1. The van der Waals surface area contributed by atoms with Gasteiger partial charge in [-0.15, -0.1) is 0 Å². The van der Waals surface area contributed by atoms with Crippen molar-refractivity contribution < 1.29 is 4.79 Å². The van der Waals surface area contributed by atoms with Crippen molar-refractivity contribution in [2.75, 3.05) is 10.6 Å². The molecule has 0 unspecified atom stereocenters. The minimum Gasteiger partial charge on any atom is -0.340 e. The van der Waals surface area contributed by atoms with Crippen LogP contribution in [-0.4, -0.2) is 10.9 Å². The normalized spacial score (nSPS) is 10.2. The van der Waals surface area contributed by atoms with Crippen LogP contribution < -0.4 is 10.6 Å². The highest BCUT2D eigenvalue weighted by Crippen LogP contribution is 2.25. The van der Waals surface area contributed by atoms with Crippen LogP contribution in [0.1, 0.15) is 10.4 Å². The maximum Gasteiger partial charge on any atom is 0.259 e. The number of amides is 1. The SMILES string of the molecule is O=C(Nc1ccccc1Br)c1cccnc1Nc1cccc(Br)c1. The van der Waals surface area contributed by atoms with Gasteiger partial charge >= 0.3 is 0 Å². The summed E-state index contributed by atoms with van der Waals surface area (Å²) in [5, 5.41) is 6.07. The van der Waals surface area contributed by atoms with E-state index in [4.69, 9.17) is 0 Å². The third kappa shape index (κ3) is 4.01. The summed E-state index contributed by atoms with van der Waals surface area (Å²) in [6.07, 6.45) is 1.65. The zero-order chi connectivity index (χ0) is 16.9. The lowest BCUT2D eigenvalue weighted by atomic mass is 10.2. The van der Waals surface area contributed by atoms with E-state index in [1.807, 2.05) is 48.5 Å². The van der Waals surface area contributed by atoms with Crippen molar-refractivity contribution in [3.8, 4) is 0 Å². The minimum atomic E-state index is -0.229. The van der Waals surface area contributed by atoms with Gasteiger partial charge in [0.15, 0.2) is 0 Å². The Morgan fingerprint density at radius 2 is 1.79 bits per heavy atom. The molecule has 6 heteroatoms. The second kappa shape index (κ2) is 7.59. The summed E-state index contributed by atoms with van der Waals surface area (Å²) < 4.78 is 1.77. The fraction of sp³-hybridized carbons (Fsp3) is 0. The fourth-order valence-electron chi connectivity index (χ4n) is 2.14. The molecule has 1 heterocycles. The van der Waals surface area contributed by atoms with E-state index >= 15 is 0 Å². The molecule has 3 rings (SSSR count). The zero-order valence-corrected chi connectivity index (χ0v) is 15.6. The van der Waals surface area contributed by atoms with Crippen LogP contribution in [0.4, 0.5) is 17.2 Å². The van der Waals surface area contributed by atoms with Crippen molar-refractivity contribution in [1.82, 2.24) is 4.98 Å². The van der Waals surface area contributed by atoms with E-state index in [2.05, 4.69) is 47.5 Å². The highest BCUT2D eigenvalue weighted by Gasteiger charge is 2.14. The van der Waals surface area contributed by atoms with Gasteiger partial charge in [0.1, 0.15) is 5.82 Å². The van der Waals surface area contributed by atoms with Gasteiger partial charge in [-0.25, -0.2) is 4.98 Å². The first kappa shape index (κ1) is 16.7. The number of nitrogens with one attached hydrogen (secondary N) is 2. The topological polar surface area (TPSA) is 54.0 Å². The van der Waals surface area contributed by atoms with Crippen LogP contribution in [0.15, 0.2) is 75.8 Å². The predicted molar refractivity (Wildman–Crippen MR) is 104 cm³/mol. The number of rotatable bonds is 4. The van der Waals surface area contributed by atoms with E-state index in [1.54, 1.807) is 18.3 Å². The predicted octanol–water partition coefficient (Wildman–Crippen LogP) is 5.60. The fourth-order valence-corrected chi connectivity index (χ4v) is 2.93. The molecule has 24 heavy (non-hydrogen) atoms. The lowest BCUT2D eigenvalue weighted by molar-refractivity contribution is 0.102. The van der Waals surface area contributed by atoms with Crippen molar-refractivity contribution in [3.05, 3.63) is 81.4 Å². The molecule has 0 spiro atoms. The van der Waals surface area contributed by atoms with Gasteiger partial charge in [-0.05, 0) is 58.4 Å². The number of aromatic nitrogens is 1. The van der Waals surface area contributed by atoms with Gasteiger partial charge in [0.2, 0.25) is 0 Å².